The molecule has 1 aromatic rings. The number of nitrogens with zero attached hydrogens (tertiary/aromatic N) is 1. The fourth-order valence-electron chi connectivity index (χ4n) is 1.53. The monoisotopic (exact) mass is 287 g/mol. The Morgan fingerprint density at radius 1 is 1.15 bits per heavy atom. The Balaban J connectivity index is 2.51. The molecule has 0 atom stereocenters. The van der Waals surface area contributed by atoms with Crippen molar-refractivity contribution in [2.45, 2.75) is 33.0 Å². The highest BCUT2D eigenvalue weighted by atomic mass is 19.4. The molecule has 1 rings (SSSR count). The van der Waals surface area contributed by atoms with E-state index in [1.54, 1.807) is 0 Å². The Morgan fingerprint density at radius 3 is 2.35 bits per heavy atom. The van der Waals surface area contributed by atoms with Crippen LogP contribution in [0.2, 0.25) is 0 Å². The summed E-state index contributed by atoms with van der Waals surface area (Å²) in [5.41, 5.74) is 2.18. The number of guanidine groups is 1. The van der Waals surface area contributed by atoms with Crippen LogP contribution in [-0.4, -0.2) is 25.2 Å². The number of nitrogens with one attached hydrogen (secondary N) is 2. The van der Waals surface area contributed by atoms with Crippen LogP contribution < -0.4 is 10.6 Å². The highest BCUT2D eigenvalue weighted by Crippen LogP contribution is 2.18. The summed E-state index contributed by atoms with van der Waals surface area (Å²) in [7, 11) is 0. The molecule has 0 heterocycles. The van der Waals surface area contributed by atoms with E-state index in [4.69, 9.17) is 0 Å². The summed E-state index contributed by atoms with van der Waals surface area (Å²) in [6, 6.07) is 7.87. The van der Waals surface area contributed by atoms with E-state index >= 15 is 0 Å². The minimum atomic E-state index is -4.15. The second-order valence-corrected chi connectivity index (χ2v) is 4.47. The maximum atomic E-state index is 12.1. The first-order valence-electron chi connectivity index (χ1n) is 6.55. The summed E-state index contributed by atoms with van der Waals surface area (Å²) >= 11 is 0. The second kappa shape index (κ2) is 7.77. The van der Waals surface area contributed by atoms with Gasteiger partial charge in [0.15, 0.2) is 5.96 Å². The largest absolute Gasteiger partial charge is 0.390 e. The van der Waals surface area contributed by atoms with E-state index in [1.165, 1.54) is 0 Å². The highest BCUT2D eigenvalue weighted by molar-refractivity contribution is 5.79. The minimum absolute atomic E-state index is 0.177. The fourth-order valence-corrected chi connectivity index (χ4v) is 1.53. The van der Waals surface area contributed by atoms with Gasteiger partial charge < -0.3 is 10.6 Å². The first-order chi connectivity index (χ1) is 9.40. The molecule has 0 bridgehead atoms. The molecule has 2 N–H and O–H groups in total. The van der Waals surface area contributed by atoms with Gasteiger partial charge in [0.25, 0.3) is 0 Å². The molecule has 6 heteroatoms. The minimum Gasteiger partial charge on any atom is -0.357 e. The van der Waals surface area contributed by atoms with Gasteiger partial charge in [-0.1, -0.05) is 29.8 Å². The van der Waals surface area contributed by atoms with Gasteiger partial charge in [-0.3, -0.25) is 0 Å². The summed E-state index contributed by atoms with van der Waals surface area (Å²) in [6.45, 7) is 4.72. The second-order valence-electron chi connectivity index (χ2n) is 4.47. The third-order valence-corrected chi connectivity index (χ3v) is 2.59. The zero-order chi connectivity index (χ0) is 15.0. The predicted molar refractivity (Wildman–Crippen MR) is 74.7 cm³/mol. The fraction of sp³-hybridized carbons (Fsp3) is 0.500. The molecule has 1 aromatic carbocycles. The molecule has 0 aromatic heterocycles. The lowest BCUT2D eigenvalue weighted by molar-refractivity contribution is -0.132. The summed E-state index contributed by atoms with van der Waals surface area (Å²) in [6.07, 6.45) is -5.02. The molecular weight excluding hydrogens is 267 g/mol. The van der Waals surface area contributed by atoms with Crippen molar-refractivity contribution in [2.75, 3.05) is 13.1 Å². The highest BCUT2D eigenvalue weighted by Gasteiger charge is 2.26. The summed E-state index contributed by atoms with van der Waals surface area (Å²) in [5, 5.41) is 5.60. The molecule has 0 saturated heterocycles. The van der Waals surface area contributed by atoms with Crippen molar-refractivity contribution in [3.05, 3.63) is 35.4 Å². The Labute approximate surface area is 117 Å². The molecule has 0 saturated carbocycles. The van der Waals surface area contributed by atoms with Gasteiger partial charge in [-0.15, -0.1) is 0 Å². The molecule has 0 amide bonds. The van der Waals surface area contributed by atoms with Gasteiger partial charge in [-0.05, 0) is 19.4 Å². The van der Waals surface area contributed by atoms with Gasteiger partial charge >= 0.3 is 6.18 Å². The van der Waals surface area contributed by atoms with Gasteiger partial charge in [0.1, 0.15) is 0 Å². The molecule has 3 nitrogen and oxygen atoms in total. The number of aliphatic imine (C=N–C) groups is 1. The molecular formula is C14H20F3N3. The topological polar surface area (TPSA) is 36.4 Å². The van der Waals surface area contributed by atoms with Crippen molar-refractivity contribution in [3.8, 4) is 0 Å². The predicted octanol–water partition coefficient (Wildman–Crippen LogP) is 3.00. The van der Waals surface area contributed by atoms with Gasteiger partial charge in [-0.25, -0.2) is 4.99 Å². The summed E-state index contributed by atoms with van der Waals surface area (Å²) in [4.78, 5) is 4.26. The quantitative estimate of drug-likeness (QED) is 0.645. The Kier molecular flexibility index (Phi) is 6.35. The smallest absolute Gasteiger partial charge is 0.357 e. The molecule has 0 aliphatic heterocycles. The first kappa shape index (κ1) is 16.3. The van der Waals surface area contributed by atoms with E-state index in [2.05, 4.69) is 15.6 Å². The molecule has 0 aliphatic rings. The van der Waals surface area contributed by atoms with E-state index in [1.807, 2.05) is 38.1 Å². The van der Waals surface area contributed by atoms with Gasteiger partial charge in [0.05, 0.1) is 13.0 Å². The van der Waals surface area contributed by atoms with Crippen LogP contribution in [0.3, 0.4) is 0 Å². The standard InChI is InChI=1S/C14H20F3N3/c1-3-18-13(19-9-8-14(15,16)17)20-10-12-6-4-11(2)5-7-12/h4-7H,3,8-10H2,1-2H3,(H2,18,19,20). The Morgan fingerprint density at radius 2 is 1.80 bits per heavy atom. The van der Waals surface area contributed by atoms with Crippen LogP contribution in [0, 0.1) is 6.92 Å². The van der Waals surface area contributed by atoms with E-state index in [0.29, 0.717) is 19.0 Å². The van der Waals surface area contributed by atoms with Crippen molar-refractivity contribution >= 4 is 5.96 Å². The van der Waals surface area contributed by atoms with Gasteiger partial charge in [0.2, 0.25) is 0 Å². The number of benzene rings is 1. The lowest BCUT2D eigenvalue weighted by Crippen LogP contribution is -2.38. The number of hydrogen-bond donors (Lipinski definition) is 2. The van der Waals surface area contributed by atoms with Crippen LogP contribution >= 0.6 is 0 Å². The third kappa shape index (κ3) is 7.01. The summed E-state index contributed by atoms with van der Waals surface area (Å²) < 4.78 is 36.2. The number of halogens is 3. The SMILES string of the molecule is CCNC(=NCc1ccc(C)cc1)NCCC(F)(F)F. The molecule has 0 unspecified atom stereocenters. The van der Waals surface area contributed by atoms with Crippen LogP contribution in [0.15, 0.2) is 29.3 Å². The van der Waals surface area contributed by atoms with Crippen LogP contribution in [0.1, 0.15) is 24.5 Å². The maximum absolute atomic E-state index is 12.1. The van der Waals surface area contributed by atoms with E-state index in [9.17, 15) is 13.2 Å². The van der Waals surface area contributed by atoms with Crippen LogP contribution in [0.25, 0.3) is 0 Å². The molecule has 0 spiro atoms. The number of hydrogen-bond acceptors (Lipinski definition) is 1. The third-order valence-electron chi connectivity index (χ3n) is 2.59. The van der Waals surface area contributed by atoms with Crippen molar-refractivity contribution in [3.63, 3.8) is 0 Å². The lowest BCUT2D eigenvalue weighted by Gasteiger charge is -2.12. The molecule has 0 radical (unpaired) electrons. The summed E-state index contributed by atoms with van der Waals surface area (Å²) in [5.74, 6) is 0.400. The first-order valence-corrected chi connectivity index (χ1v) is 6.55. The molecule has 0 aliphatic carbocycles. The van der Waals surface area contributed by atoms with Crippen molar-refractivity contribution in [1.82, 2.24) is 10.6 Å². The number of rotatable bonds is 5. The number of alkyl halides is 3. The van der Waals surface area contributed by atoms with Crippen LogP contribution in [-0.2, 0) is 6.54 Å². The normalized spacial score (nSPS) is 12.3. The average Bonchev–Trinajstić information content (AvgIpc) is 2.36. The zero-order valence-corrected chi connectivity index (χ0v) is 11.7. The lowest BCUT2D eigenvalue weighted by atomic mass is 10.1. The van der Waals surface area contributed by atoms with Crippen molar-refractivity contribution < 1.29 is 13.2 Å². The van der Waals surface area contributed by atoms with E-state index in [0.717, 1.165) is 11.1 Å². The average molecular weight is 287 g/mol. The van der Waals surface area contributed by atoms with Crippen molar-refractivity contribution in [2.24, 2.45) is 4.99 Å². The van der Waals surface area contributed by atoms with Crippen LogP contribution in [0.5, 0.6) is 0 Å². The van der Waals surface area contributed by atoms with Crippen molar-refractivity contribution in [1.29, 1.82) is 0 Å². The van der Waals surface area contributed by atoms with E-state index in [-0.39, 0.29) is 6.54 Å². The molecule has 20 heavy (non-hydrogen) atoms. The number of aryl methyl sites for hydroxylation is 1. The maximum Gasteiger partial charge on any atom is 0.390 e. The Hall–Kier alpha value is -1.72. The Bertz CT molecular complexity index is 424. The van der Waals surface area contributed by atoms with Gasteiger partial charge in [-0.2, -0.15) is 13.2 Å². The van der Waals surface area contributed by atoms with Gasteiger partial charge in [0, 0.05) is 13.1 Å². The van der Waals surface area contributed by atoms with Crippen LogP contribution in [0.4, 0.5) is 13.2 Å². The molecule has 112 valence electrons. The van der Waals surface area contributed by atoms with E-state index < -0.39 is 12.6 Å². The molecule has 0 fully saturated rings. The zero-order valence-electron chi connectivity index (χ0n) is 11.7.